The van der Waals surface area contributed by atoms with E-state index in [4.69, 9.17) is 9.84 Å². The number of ether oxygens (including phenoxy) is 1. The Hall–Kier alpha value is -0.610. The first-order chi connectivity index (χ1) is 7.48. The number of hydrogen-bond acceptors (Lipinski definition) is 3. The van der Waals surface area contributed by atoms with Crippen molar-refractivity contribution in [1.82, 2.24) is 4.90 Å². The number of carboxylic acids is 1. The van der Waals surface area contributed by atoms with Gasteiger partial charge in [0.25, 0.3) is 0 Å². The fourth-order valence-corrected chi connectivity index (χ4v) is 2.78. The van der Waals surface area contributed by atoms with Crippen molar-refractivity contribution in [2.24, 2.45) is 5.41 Å². The van der Waals surface area contributed by atoms with Crippen LogP contribution >= 0.6 is 0 Å². The summed E-state index contributed by atoms with van der Waals surface area (Å²) >= 11 is 0. The van der Waals surface area contributed by atoms with Crippen molar-refractivity contribution in [2.45, 2.75) is 38.6 Å². The summed E-state index contributed by atoms with van der Waals surface area (Å²) < 4.78 is 5.34. The molecule has 0 spiro atoms. The van der Waals surface area contributed by atoms with Crippen LogP contribution in [-0.4, -0.2) is 47.8 Å². The molecule has 92 valence electrons. The van der Waals surface area contributed by atoms with Crippen LogP contribution in [0.2, 0.25) is 0 Å². The Balaban J connectivity index is 2.15. The molecule has 0 aromatic heterocycles. The van der Waals surface area contributed by atoms with E-state index in [1.807, 2.05) is 0 Å². The van der Waals surface area contributed by atoms with Gasteiger partial charge >= 0.3 is 5.97 Å². The molecule has 1 aliphatic heterocycles. The lowest BCUT2D eigenvalue weighted by Crippen LogP contribution is -2.57. The molecule has 0 amide bonds. The summed E-state index contributed by atoms with van der Waals surface area (Å²) in [7, 11) is 0. The maximum Gasteiger partial charge on any atom is 0.305 e. The van der Waals surface area contributed by atoms with Crippen molar-refractivity contribution in [3.05, 3.63) is 0 Å². The number of hydrogen-bond donors (Lipinski definition) is 1. The van der Waals surface area contributed by atoms with Crippen LogP contribution in [0.25, 0.3) is 0 Å². The number of carbonyl (C=O) groups is 1. The van der Waals surface area contributed by atoms with Gasteiger partial charge in [-0.25, -0.2) is 0 Å². The predicted molar refractivity (Wildman–Crippen MR) is 60.4 cm³/mol. The van der Waals surface area contributed by atoms with Crippen molar-refractivity contribution >= 4 is 5.97 Å². The molecule has 1 unspecified atom stereocenters. The molecule has 1 N–H and O–H groups in total. The largest absolute Gasteiger partial charge is 0.481 e. The molecule has 0 radical (unpaired) electrons. The molecule has 1 atom stereocenters. The quantitative estimate of drug-likeness (QED) is 0.787. The van der Waals surface area contributed by atoms with Gasteiger partial charge in [-0.15, -0.1) is 0 Å². The summed E-state index contributed by atoms with van der Waals surface area (Å²) in [6, 6.07) is 0. The second-order valence-electron chi connectivity index (χ2n) is 5.50. The lowest BCUT2D eigenvalue weighted by Gasteiger charge is -2.47. The average Bonchev–Trinajstić information content (AvgIpc) is 2.98. The van der Waals surface area contributed by atoms with E-state index in [1.165, 1.54) is 0 Å². The normalized spacial score (nSPS) is 28.4. The number of aliphatic carboxylic acids is 1. The highest BCUT2D eigenvalue weighted by atomic mass is 16.5. The first kappa shape index (κ1) is 11.9. The minimum absolute atomic E-state index is 0.183. The van der Waals surface area contributed by atoms with E-state index in [0.717, 1.165) is 39.1 Å². The number of carboxylic acid groups (broad SMARTS) is 1. The van der Waals surface area contributed by atoms with Crippen LogP contribution in [0, 0.1) is 5.41 Å². The zero-order valence-electron chi connectivity index (χ0n) is 10.2. The molecule has 1 saturated heterocycles. The number of nitrogens with zero attached hydrogens (tertiary/aromatic N) is 1. The van der Waals surface area contributed by atoms with Gasteiger partial charge in [0.15, 0.2) is 0 Å². The van der Waals surface area contributed by atoms with Crippen molar-refractivity contribution < 1.29 is 14.6 Å². The summed E-state index contributed by atoms with van der Waals surface area (Å²) in [4.78, 5) is 13.4. The predicted octanol–water partition coefficient (Wildman–Crippen LogP) is 1.35. The molecular formula is C12H21NO3. The first-order valence-electron chi connectivity index (χ1n) is 6.03. The molecule has 1 aliphatic carbocycles. The summed E-state index contributed by atoms with van der Waals surface area (Å²) in [5, 5.41) is 9.11. The molecule has 0 aromatic carbocycles. The Morgan fingerprint density at radius 3 is 2.44 bits per heavy atom. The molecule has 4 heteroatoms. The Morgan fingerprint density at radius 2 is 2.00 bits per heavy atom. The van der Waals surface area contributed by atoms with Gasteiger partial charge in [-0.2, -0.15) is 0 Å². The molecule has 2 rings (SSSR count). The molecule has 4 nitrogen and oxygen atoms in total. The molecule has 1 heterocycles. The highest BCUT2D eigenvalue weighted by Gasteiger charge is 2.56. The van der Waals surface area contributed by atoms with Gasteiger partial charge in [0.2, 0.25) is 0 Å². The van der Waals surface area contributed by atoms with Gasteiger partial charge in [-0.1, -0.05) is 6.92 Å². The third kappa shape index (κ3) is 1.96. The second kappa shape index (κ2) is 4.00. The summed E-state index contributed by atoms with van der Waals surface area (Å²) in [6.45, 7) is 7.50. The SMILES string of the molecule is CC1(C(C)(CC(=O)O)N2CCOCC2)CC1. The highest BCUT2D eigenvalue weighted by Crippen LogP contribution is 2.57. The van der Waals surface area contributed by atoms with Gasteiger partial charge < -0.3 is 9.84 Å². The van der Waals surface area contributed by atoms with Crippen LogP contribution < -0.4 is 0 Å². The topological polar surface area (TPSA) is 49.8 Å². The Bertz CT molecular complexity index is 282. The van der Waals surface area contributed by atoms with Crippen LogP contribution in [-0.2, 0) is 9.53 Å². The van der Waals surface area contributed by atoms with E-state index >= 15 is 0 Å². The number of morpholine rings is 1. The third-order valence-electron chi connectivity index (χ3n) is 4.50. The van der Waals surface area contributed by atoms with E-state index in [1.54, 1.807) is 0 Å². The van der Waals surface area contributed by atoms with Crippen LogP contribution in [0.5, 0.6) is 0 Å². The zero-order chi connectivity index (χ0) is 11.8. The Labute approximate surface area is 96.6 Å². The van der Waals surface area contributed by atoms with Gasteiger partial charge in [0, 0.05) is 18.6 Å². The van der Waals surface area contributed by atoms with Gasteiger partial charge in [0.1, 0.15) is 0 Å². The molecule has 0 bridgehead atoms. The number of rotatable bonds is 4. The van der Waals surface area contributed by atoms with Crippen molar-refractivity contribution in [3.63, 3.8) is 0 Å². The van der Waals surface area contributed by atoms with Crippen LogP contribution in [0.1, 0.15) is 33.1 Å². The van der Waals surface area contributed by atoms with Crippen molar-refractivity contribution in [2.75, 3.05) is 26.3 Å². The fourth-order valence-electron chi connectivity index (χ4n) is 2.78. The van der Waals surface area contributed by atoms with Crippen LogP contribution in [0.15, 0.2) is 0 Å². The summed E-state index contributed by atoms with van der Waals surface area (Å²) in [5.41, 5.74) is -0.0225. The zero-order valence-corrected chi connectivity index (χ0v) is 10.2. The fraction of sp³-hybridized carbons (Fsp3) is 0.917. The highest BCUT2D eigenvalue weighted by molar-refractivity contribution is 5.68. The standard InChI is InChI=1S/C12H21NO3/c1-11(3-4-11)12(2,9-10(14)15)13-5-7-16-8-6-13/h3-9H2,1-2H3,(H,14,15). The summed E-state index contributed by atoms with van der Waals surface area (Å²) in [6.07, 6.45) is 2.53. The smallest absolute Gasteiger partial charge is 0.305 e. The minimum atomic E-state index is -0.692. The van der Waals surface area contributed by atoms with Crippen LogP contribution in [0.4, 0.5) is 0 Å². The van der Waals surface area contributed by atoms with Crippen molar-refractivity contribution in [1.29, 1.82) is 0 Å². The Kier molecular flexibility index (Phi) is 2.97. The van der Waals surface area contributed by atoms with E-state index in [0.29, 0.717) is 0 Å². The Morgan fingerprint density at radius 1 is 1.44 bits per heavy atom. The lowest BCUT2D eigenvalue weighted by molar-refractivity contribution is -0.143. The molecule has 2 fully saturated rings. The van der Waals surface area contributed by atoms with E-state index in [9.17, 15) is 4.79 Å². The summed E-state index contributed by atoms with van der Waals surface area (Å²) in [5.74, 6) is -0.692. The first-order valence-corrected chi connectivity index (χ1v) is 6.03. The molecule has 1 saturated carbocycles. The van der Waals surface area contributed by atoms with Crippen molar-refractivity contribution in [3.8, 4) is 0 Å². The molecule has 16 heavy (non-hydrogen) atoms. The van der Waals surface area contributed by atoms with Gasteiger partial charge in [-0.05, 0) is 25.2 Å². The van der Waals surface area contributed by atoms with E-state index in [2.05, 4.69) is 18.7 Å². The maximum atomic E-state index is 11.1. The average molecular weight is 227 g/mol. The van der Waals surface area contributed by atoms with E-state index < -0.39 is 5.97 Å². The van der Waals surface area contributed by atoms with Crippen LogP contribution in [0.3, 0.4) is 0 Å². The van der Waals surface area contributed by atoms with Gasteiger partial charge in [-0.3, -0.25) is 9.69 Å². The monoisotopic (exact) mass is 227 g/mol. The van der Waals surface area contributed by atoms with Gasteiger partial charge in [0.05, 0.1) is 19.6 Å². The van der Waals surface area contributed by atoms with E-state index in [-0.39, 0.29) is 17.4 Å². The minimum Gasteiger partial charge on any atom is -0.481 e. The lowest BCUT2D eigenvalue weighted by atomic mass is 9.79. The molecule has 0 aromatic rings. The molecular weight excluding hydrogens is 206 g/mol. The third-order valence-corrected chi connectivity index (χ3v) is 4.50. The molecule has 2 aliphatic rings. The second-order valence-corrected chi connectivity index (χ2v) is 5.50. The maximum absolute atomic E-state index is 11.1.